The molecule has 1 aliphatic heterocycles. The van der Waals surface area contributed by atoms with Crippen LogP contribution in [0, 0.1) is 0 Å². The lowest BCUT2D eigenvalue weighted by Crippen LogP contribution is -2.37. The Morgan fingerprint density at radius 1 is 1.10 bits per heavy atom. The van der Waals surface area contributed by atoms with Crippen LogP contribution in [0.15, 0.2) is 59.0 Å². The van der Waals surface area contributed by atoms with Gasteiger partial charge in [-0.1, -0.05) is 36.4 Å². The van der Waals surface area contributed by atoms with Gasteiger partial charge in [0.2, 0.25) is 15.9 Å². The molecule has 1 N–H and O–H groups in total. The number of hydrogen-bond acceptors (Lipinski definition) is 5. The van der Waals surface area contributed by atoms with E-state index >= 15 is 0 Å². The largest absolute Gasteiger partial charge is 0.440 e. The van der Waals surface area contributed by atoms with Crippen molar-refractivity contribution in [2.75, 3.05) is 23.1 Å². The minimum absolute atomic E-state index is 0.0114. The number of carbonyl (C=O) groups is 1. The Hall–Kier alpha value is -3.13. The van der Waals surface area contributed by atoms with Gasteiger partial charge < -0.3 is 9.73 Å². The molecule has 0 bridgehead atoms. The molecular weight excluding hydrogens is 414 g/mol. The van der Waals surface area contributed by atoms with E-state index in [0.717, 1.165) is 29.7 Å². The van der Waals surface area contributed by atoms with E-state index in [1.54, 1.807) is 0 Å². The number of hydrogen-bond donors (Lipinski definition) is 1. The summed E-state index contributed by atoms with van der Waals surface area (Å²) < 4.78 is 33.0. The van der Waals surface area contributed by atoms with Gasteiger partial charge in [-0.05, 0) is 43.0 Å². The van der Waals surface area contributed by atoms with Gasteiger partial charge >= 0.3 is 0 Å². The number of benzene rings is 2. The van der Waals surface area contributed by atoms with Crippen LogP contribution in [-0.4, -0.2) is 38.2 Å². The third-order valence-corrected chi connectivity index (χ3v) is 7.43. The summed E-state index contributed by atoms with van der Waals surface area (Å²) >= 11 is 0. The first-order valence-corrected chi connectivity index (χ1v) is 12.1. The zero-order valence-corrected chi connectivity index (χ0v) is 17.8. The van der Waals surface area contributed by atoms with Crippen molar-refractivity contribution in [3.8, 4) is 11.5 Å². The predicted octanol–water partition coefficient (Wildman–Crippen LogP) is 3.34. The van der Waals surface area contributed by atoms with Gasteiger partial charge in [-0.15, -0.1) is 0 Å². The average Bonchev–Trinajstić information content (AvgIpc) is 3.36. The standard InChI is InChI=1S/C23H23N3O4S/c27-22(20-21(17-10-11-17)30-23(25-20)18-7-2-1-3-8-18)24-13-15-31(28,29)26-14-12-16-6-4-5-9-19(16)26/h1-9,17H,10-15H2,(H,24,27). The molecule has 5 rings (SSSR count). The van der Waals surface area contributed by atoms with Crippen molar-refractivity contribution >= 4 is 21.6 Å². The number of nitrogens with zero attached hydrogens (tertiary/aromatic N) is 2. The molecule has 0 saturated heterocycles. The van der Waals surface area contributed by atoms with Gasteiger partial charge in [-0.2, -0.15) is 0 Å². The zero-order chi connectivity index (χ0) is 21.4. The number of oxazole rings is 1. The summed E-state index contributed by atoms with van der Waals surface area (Å²) in [5, 5.41) is 2.72. The molecule has 160 valence electrons. The lowest BCUT2D eigenvalue weighted by Gasteiger charge is -2.19. The number of aromatic nitrogens is 1. The Balaban J connectivity index is 1.28. The van der Waals surface area contributed by atoms with Crippen molar-refractivity contribution in [1.29, 1.82) is 0 Å². The van der Waals surface area contributed by atoms with Gasteiger partial charge in [0, 0.05) is 24.6 Å². The number of sulfonamides is 1. The molecule has 3 aromatic rings. The van der Waals surface area contributed by atoms with Crippen molar-refractivity contribution in [3.05, 3.63) is 71.6 Å². The zero-order valence-electron chi connectivity index (χ0n) is 17.0. The van der Waals surface area contributed by atoms with Gasteiger partial charge in [0.05, 0.1) is 11.4 Å². The highest BCUT2D eigenvalue weighted by Crippen LogP contribution is 2.43. The van der Waals surface area contributed by atoms with Crippen LogP contribution in [-0.2, 0) is 16.4 Å². The third kappa shape index (κ3) is 3.95. The Morgan fingerprint density at radius 2 is 1.84 bits per heavy atom. The normalized spacial score (nSPS) is 15.7. The fourth-order valence-electron chi connectivity index (χ4n) is 3.91. The van der Waals surface area contributed by atoms with E-state index in [4.69, 9.17) is 4.42 Å². The molecule has 1 saturated carbocycles. The van der Waals surface area contributed by atoms with E-state index in [9.17, 15) is 13.2 Å². The number of rotatable bonds is 7. The predicted molar refractivity (Wildman–Crippen MR) is 118 cm³/mol. The number of amides is 1. The Kier molecular flexibility index (Phi) is 5.02. The maximum Gasteiger partial charge on any atom is 0.273 e. The summed E-state index contributed by atoms with van der Waals surface area (Å²) in [6.45, 7) is 0.447. The highest BCUT2D eigenvalue weighted by molar-refractivity contribution is 7.92. The fourth-order valence-corrected chi connectivity index (χ4v) is 5.33. The van der Waals surface area contributed by atoms with Gasteiger partial charge in [0.1, 0.15) is 5.76 Å². The van der Waals surface area contributed by atoms with E-state index in [1.807, 2.05) is 54.6 Å². The highest BCUT2D eigenvalue weighted by Gasteiger charge is 2.34. The van der Waals surface area contributed by atoms with Gasteiger partial charge in [0.25, 0.3) is 5.91 Å². The van der Waals surface area contributed by atoms with Crippen LogP contribution in [0.2, 0.25) is 0 Å². The SMILES string of the molecule is O=C(NCCS(=O)(=O)N1CCc2ccccc21)c1nc(-c2ccccc2)oc1C1CC1. The van der Waals surface area contributed by atoms with Crippen LogP contribution in [0.4, 0.5) is 5.69 Å². The van der Waals surface area contributed by atoms with Crippen molar-refractivity contribution in [3.63, 3.8) is 0 Å². The molecule has 0 unspecified atom stereocenters. The summed E-state index contributed by atoms with van der Waals surface area (Å²) in [4.78, 5) is 17.2. The van der Waals surface area contributed by atoms with Crippen LogP contribution in [0.5, 0.6) is 0 Å². The Labute approximate surface area is 181 Å². The van der Waals surface area contributed by atoms with Crippen molar-refractivity contribution in [2.24, 2.45) is 0 Å². The molecule has 31 heavy (non-hydrogen) atoms. The molecular formula is C23H23N3O4S. The van der Waals surface area contributed by atoms with Crippen LogP contribution in [0.25, 0.3) is 11.5 Å². The maximum atomic E-state index is 12.8. The van der Waals surface area contributed by atoms with Crippen molar-refractivity contribution in [2.45, 2.75) is 25.2 Å². The second kappa shape index (κ2) is 7.85. The number of nitrogens with one attached hydrogen (secondary N) is 1. The molecule has 2 aromatic carbocycles. The first-order valence-electron chi connectivity index (χ1n) is 10.5. The number of anilines is 1. The number of fused-ring (bicyclic) bond motifs is 1. The number of para-hydroxylation sites is 1. The highest BCUT2D eigenvalue weighted by atomic mass is 32.2. The third-order valence-electron chi connectivity index (χ3n) is 5.66. The lowest BCUT2D eigenvalue weighted by atomic mass is 10.2. The number of carbonyl (C=O) groups excluding carboxylic acids is 1. The van der Waals surface area contributed by atoms with E-state index in [1.165, 1.54) is 4.31 Å². The maximum absolute atomic E-state index is 12.8. The summed E-state index contributed by atoms with van der Waals surface area (Å²) in [6.07, 6.45) is 2.63. The summed E-state index contributed by atoms with van der Waals surface area (Å²) in [5.41, 5.74) is 2.82. The summed E-state index contributed by atoms with van der Waals surface area (Å²) in [7, 11) is -3.53. The average molecular weight is 438 g/mol. The first kappa shape index (κ1) is 19.8. The van der Waals surface area contributed by atoms with Gasteiger partial charge in [0.15, 0.2) is 5.69 Å². The summed E-state index contributed by atoms with van der Waals surface area (Å²) in [6, 6.07) is 16.9. The van der Waals surface area contributed by atoms with E-state index in [-0.39, 0.29) is 23.9 Å². The van der Waals surface area contributed by atoms with Crippen LogP contribution in [0.1, 0.15) is 40.6 Å². The Bertz CT molecular complexity index is 1220. The smallest absolute Gasteiger partial charge is 0.273 e. The second-order valence-electron chi connectivity index (χ2n) is 7.89. The molecule has 2 heterocycles. The minimum atomic E-state index is -3.53. The molecule has 2 aliphatic rings. The van der Waals surface area contributed by atoms with E-state index in [0.29, 0.717) is 24.6 Å². The van der Waals surface area contributed by atoms with Gasteiger partial charge in [-0.25, -0.2) is 13.4 Å². The second-order valence-corrected chi connectivity index (χ2v) is 9.91. The van der Waals surface area contributed by atoms with E-state index in [2.05, 4.69) is 10.3 Å². The lowest BCUT2D eigenvalue weighted by molar-refractivity contribution is 0.0949. The molecule has 7 nitrogen and oxygen atoms in total. The molecule has 8 heteroatoms. The molecule has 0 atom stereocenters. The minimum Gasteiger partial charge on any atom is -0.440 e. The van der Waals surface area contributed by atoms with Crippen LogP contribution >= 0.6 is 0 Å². The molecule has 1 aromatic heterocycles. The molecule has 0 spiro atoms. The monoisotopic (exact) mass is 437 g/mol. The molecule has 1 fully saturated rings. The topological polar surface area (TPSA) is 92.5 Å². The van der Waals surface area contributed by atoms with Crippen molar-refractivity contribution < 1.29 is 17.6 Å². The van der Waals surface area contributed by atoms with Crippen LogP contribution in [0.3, 0.4) is 0 Å². The van der Waals surface area contributed by atoms with Crippen LogP contribution < -0.4 is 9.62 Å². The quantitative estimate of drug-likeness (QED) is 0.612. The van der Waals surface area contributed by atoms with Gasteiger partial charge in [-0.3, -0.25) is 9.10 Å². The van der Waals surface area contributed by atoms with Crippen molar-refractivity contribution in [1.82, 2.24) is 10.3 Å². The fraction of sp³-hybridized carbons (Fsp3) is 0.304. The van der Waals surface area contributed by atoms with E-state index < -0.39 is 15.9 Å². The molecule has 1 aliphatic carbocycles. The Morgan fingerprint density at radius 3 is 2.61 bits per heavy atom. The summed E-state index contributed by atoms with van der Waals surface area (Å²) in [5.74, 6) is 0.636. The molecule has 0 radical (unpaired) electrons. The molecule has 1 amide bonds. The first-order chi connectivity index (χ1) is 15.0.